The van der Waals surface area contributed by atoms with Gasteiger partial charge in [-0.3, -0.25) is 4.90 Å². The standard InChI is InChI=1S/C27H37FN2O4S/c1-18(21-5-7-22(28)8-6-21)9-13-33-24-23(32-14-10-30-11-15-35-16-12-30)17-27(4,19(2)31)26-25(24)34-20(3)29-26/h5-8,17-20,31H,9-16H2,1-4H3. The summed E-state index contributed by atoms with van der Waals surface area (Å²) in [4.78, 5) is 7.08. The molecule has 6 nitrogen and oxygen atoms in total. The first-order chi connectivity index (χ1) is 16.8. The Morgan fingerprint density at radius 3 is 2.60 bits per heavy atom. The second-order valence-electron chi connectivity index (χ2n) is 9.71. The van der Waals surface area contributed by atoms with Gasteiger partial charge >= 0.3 is 0 Å². The molecule has 1 saturated heterocycles. The lowest BCUT2D eigenvalue weighted by molar-refractivity contribution is 0.0881. The molecule has 4 rings (SSSR count). The fourth-order valence-electron chi connectivity index (χ4n) is 4.52. The maximum absolute atomic E-state index is 13.3. The van der Waals surface area contributed by atoms with Crippen LogP contribution in [0.3, 0.4) is 0 Å². The van der Waals surface area contributed by atoms with Gasteiger partial charge in [-0.25, -0.2) is 9.38 Å². The third-order valence-electron chi connectivity index (χ3n) is 7.06. The Morgan fingerprint density at radius 1 is 1.20 bits per heavy atom. The Bertz CT molecular complexity index is 972. The number of aliphatic imine (C=N–C) groups is 1. The fraction of sp³-hybridized carbons (Fsp3) is 0.593. The number of aliphatic hydroxyl groups excluding tert-OH is 1. The third kappa shape index (κ3) is 6.04. The van der Waals surface area contributed by atoms with Crippen LogP contribution in [0.1, 0.15) is 45.6 Å². The van der Waals surface area contributed by atoms with Gasteiger partial charge in [0.05, 0.1) is 23.8 Å². The highest BCUT2D eigenvalue weighted by Gasteiger charge is 2.47. The minimum Gasteiger partial charge on any atom is -0.489 e. The third-order valence-corrected chi connectivity index (χ3v) is 8.00. The Morgan fingerprint density at radius 2 is 1.91 bits per heavy atom. The summed E-state index contributed by atoms with van der Waals surface area (Å²) >= 11 is 1.99. The summed E-state index contributed by atoms with van der Waals surface area (Å²) in [5.41, 5.74) is 1.03. The average Bonchev–Trinajstić information content (AvgIpc) is 3.24. The molecule has 0 aromatic heterocycles. The van der Waals surface area contributed by atoms with Gasteiger partial charge in [-0.2, -0.15) is 11.8 Å². The lowest BCUT2D eigenvalue weighted by Crippen LogP contribution is -2.40. The van der Waals surface area contributed by atoms with E-state index in [4.69, 9.17) is 14.2 Å². The summed E-state index contributed by atoms with van der Waals surface area (Å²) in [6.45, 7) is 11.7. The maximum atomic E-state index is 13.3. The van der Waals surface area contributed by atoms with Crippen molar-refractivity contribution in [3.05, 3.63) is 59.0 Å². The summed E-state index contributed by atoms with van der Waals surface area (Å²) in [6, 6.07) is 6.61. The van der Waals surface area contributed by atoms with E-state index in [-0.39, 0.29) is 18.0 Å². The van der Waals surface area contributed by atoms with Gasteiger partial charge < -0.3 is 19.3 Å². The van der Waals surface area contributed by atoms with Crippen LogP contribution in [0, 0.1) is 11.2 Å². The van der Waals surface area contributed by atoms with E-state index in [0.717, 1.165) is 43.1 Å². The predicted octanol–water partition coefficient (Wildman–Crippen LogP) is 4.71. The SMILES string of the molecule is CC1N=C2C(=C(OCCC(C)c3ccc(F)cc3)C(OCCN3CCSCC3)=CC2(C)C(C)O)O1. The zero-order valence-corrected chi connectivity index (χ0v) is 21.9. The molecule has 2 heterocycles. The molecule has 4 unspecified atom stereocenters. The highest BCUT2D eigenvalue weighted by molar-refractivity contribution is 7.99. The number of benzene rings is 1. The molecule has 0 spiro atoms. The maximum Gasteiger partial charge on any atom is 0.205 e. The number of aliphatic hydroxyl groups is 1. The molecular weight excluding hydrogens is 467 g/mol. The number of allylic oxidation sites excluding steroid dienone is 1. The Balaban J connectivity index is 1.49. The molecule has 1 aromatic carbocycles. The highest BCUT2D eigenvalue weighted by Crippen LogP contribution is 2.43. The molecule has 1 aromatic rings. The van der Waals surface area contributed by atoms with Crippen LogP contribution >= 0.6 is 11.8 Å². The molecule has 0 amide bonds. The van der Waals surface area contributed by atoms with Crippen molar-refractivity contribution in [3.8, 4) is 0 Å². The molecule has 0 saturated carbocycles. The smallest absolute Gasteiger partial charge is 0.205 e. The van der Waals surface area contributed by atoms with E-state index in [1.54, 1.807) is 6.92 Å². The molecule has 4 atom stereocenters. The number of hydrogen-bond acceptors (Lipinski definition) is 7. The molecule has 0 bridgehead atoms. The highest BCUT2D eigenvalue weighted by atomic mass is 32.2. The molecule has 3 aliphatic rings. The van der Waals surface area contributed by atoms with Crippen molar-refractivity contribution in [1.29, 1.82) is 0 Å². The topological polar surface area (TPSA) is 63.5 Å². The zero-order valence-electron chi connectivity index (χ0n) is 21.1. The Hall–Kier alpha value is -2.03. The summed E-state index contributed by atoms with van der Waals surface area (Å²) in [5, 5.41) is 10.7. The minimum absolute atomic E-state index is 0.203. The number of nitrogens with zero attached hydrogens (tertiary/aromatic N) is 2. The molecule has 1 fully saturated rings. The first-order valence-electron chi connectivity index (χ1n) is 12.5. The van der Waals surface area contributed by atoms with Gasteiger partial charge in [0, 0.05) is 31.1 Å². The van der Waals surface area contributed by atoms with E-state index in [9.17, 15) is 9.50 Å². The summed E-state index contributed by atoms with van der Waals surface area (Å²) in [5.74, 6) is 3.97. The van der Waals surface area contributed by atoms with Gasteiger partial charge in [-0.05, 0) is 56.9 Å². The number of fused-ring (bicyclic) bond motifs is 1. The van der Waals surface area contributed by atoms with Crippen molar-refractivity contribution in [2.75, 3.05) is 44.4 Å². The lowest BCUT2D eigenvalue weighted by atomic mass is 9.75. The lowest BCUT2D eigenvalue weighted by Gasteiger charge is -2.35. The van der Waals surface area contributed by atoms with E-state index >= 15 is 0 Å². The first-order valence-corrected chi connectivity index (χ1v) is 13.7. The van der Waals surface area contributed by atoms with E-state index < -0.39 is 11.5 Å². The number of halogens is 1. The molecule has 192 valence electrons. The van der Waals surface area contributed by atoms with Crippen LogP contribution in [-0.4, -0.2) is 72.4 Å². The van der Waals surface area contributed by atoms with Crippen LogP contribution in [0.25, 0.3) is 0 Å². The molecule has 1 N–H and O–H groups in total. The Labute approximate surface area is 212 Å². The van der Waals surface area contributed by atoms with Crippen LogP contribution in [0.15, 0.2) is 52.6 Å². The summed E-state index contributed by atoms with van der Waals surface area (Å²) in [7, 11) is 0. The van der Waals surface area contributed by atoms with Crippen LogP contribution < -0.4 is 0 Å². The molecular formula is C27H37FN2O4S. The van der Waals surface area contributed by atoms with Gasteiger partial charge in [0.15, 0.2) is 17.7 Å². The first kappa shape index (κ1) is 26.0. The van der Waals surface area contributed by atoms with Crippen molar-refractivity contribution < 1.29 is 23.7 Å². The summed E-state index contributed by atoms with van der Waals surface area (Å²) < 4.78 is 31.9. The normalized spacial score (nSPS) is 26.4. The van der Waals surface area contributed by atoms with Crippen molar-refractivity contribution in [2.45, 2.75) is 52.4 Å². The Kier molecular flexibility index (Phi) is 8.45. The second-order valence-corrected chi connectivity index (χ2v) is 10.9. The van der Waals surface area contributed by atoms with E-state index in [2.05, 4.69) is 16.8 Å². The van der Waals surface area contributed by atoms with E-state index in [1.165, 1.54) is 12.1 Å². The van der Waals surface area contributed by atoms with Gasteiger partial charge in [0.1, 0.15) is 12.4 Å². The average molecular weight is 505 g/mol. The number of rotatable bonds is 10. The van der Waals surface area contributed by atoms with Gasteiger partial charge in [-0.1, -0.05) is 19.1 Å². The zero-order chi connectivity index (χ0) is 25.0. The summed E-state index contributed by atoms with van der Waals surface area (Å²) in [6.07, 6.45) is 1.65. The van der Waals surface area contributed by atoms with Crippen LogP contribution in [-0.2, 0) is 14.2 Å². The van der Waals surface area contributed by atoms with Gasteiger partial charge in [0.2, 0.25) is 5.76 Å². The monoisotopic (exact) mass is 504 g/mol. The van der Waals surface area contributed by atoms with Crippen LogP contribution in [0.4, 0.5) is 4.39 Å². The molecule has 0 radical (unpaired) electrons. The molecule has 2 aliphatic heterocycles. The van der Waals surface area contributed by atoms with Crippen LogP contribution in [0.5, 0.6) is 0 Å². The fourth-order valence-corrected chi connectivity index (χ4v) is 5.50. The van der Waals surface area contributed by atoms with Crippen LogP contribution in [0.2, 0.25) is 0 Å². The second kappa shape index (κ2) is 11.4. The predicted molar refractivity (Wildman–Crippen MR) is 138 cm³/mol. The quantitative estimate of drug-likeness (QED) is 0.498. The number of hydrogen-bond donors (Lipinski definition) is 1. The van der Waals surface area contributed by atoms with Crippen molar-refractivity contribution in [3.63, 3.8) is 0 Å². The van der Waals surface area contributed by atoms with Crippen molar-refractivity contribution in [2.24, 2.45) is 10.4 Å². The van der Waals surface area contributed by atoms with Gasteiger partial charge in [-0.15, -0.1) is 0 Å². The largest absolute Gasteiger partial charge is 0.489 e. The molecule has 35 heavy (non-hydrogen) atoms. The molecule has 8 heteroatoms. The number of ether oxygens (including phenoxy) is 3. The van der Waals surface area contributed by atoms with Crippen molar-refractivity contribution >= 4 is 17.5 Å². The van der Waals surface area contributed by atoms with Crippen molar-refractivity contribution in [1.82, 2.24) is 4.90 Å². The number of thioether (sulfide) groups is 1. The van der Waals surface area contributed by atoms with E-state index in [1.807, 2.05) is 43.8 Å². The molecule has 1 aliphatic carbocycles. The van der Waals surface area contributed by atoms with E-state index in [0.29, 0.717) is 36.2 Å². The van der Waals surface area contributed by atoms with Gasteiger partial charge in [0.25, 0.3) is 0 Å². The minimum atomic E-state index is -0.731.